The highest BCUT2D eigenvalue weighted by atomic mass is 16.8. The van der Waals surface area contributed by atoms with E-state index in [0.717, 1.165) is 0 Å². The lowest BCUT2D eigenvalue weighted by atomic mass is 10.7. The van der Waals surface area contributed by atoms with E-state index in [4.69, 9.17) is 4.74 Å². The first-order valence-electron chi connectivity index (χ1n) is 3.76. The van der Waals surface area contributed by atoms with Crippen LogP contribution in [0.15, 0.2) is 12.7 Å². The molecule has 0 spiro atoms. The Morgan fingerprint density at radius 2 is 2.33 bits per heavy atom. The summed E-state index contributed by atoms with van der Waals surface area (Å²) >= 11 is 0. The fourth-order valence-corrected chi connectivity index (χ4v) is 0.565. The Hall–Kier alpha value is -1.03. The first kappa shape index (κ1) is 11.0. The zero-order chi connectivity index (χ0) is 9.40. The van der Waals surface area contributed by atoms with Crippen LogP contribution in [0.5, 0.6) is 0 Å². The molecular weight excluding hydrogens is 160 g/mol. The molecular formula is C8H14O4. The highest BCUT2D eigenvalue weighted by Gasteiger charge is 2.08. The van der Waals surface area contributed by atoms with Crippen LogP contribution in [0.3, 0.4) is 0 Å². The fraction of sp³-hybridized carbons (Fsp3) is 0.625. The fourth-order valence-electron chi connectivity index (χ4n) is 0.565. The molecule has 70 valence electrons. The van der Waals surface area contributed by atoms with Crippen molar-refractivity contribution in [1.82, 2.24) is 0 Å². The number of carbonyl (C=O) groups excluding carboxylic acids is 1. The molecule has 0 saturated heterocycles. The van der Waals surface area contributed by atoms with E-state index in [0.29, 0.717) is 6.61 Å². The smallest absolute Gasteiger partial charge is 0.430 e. The van der Waals surface area contributed by atoms with E-state index in [1.807, 2.05) is 6.92 Å². The summed E-state index contributed by atoms with van der Waals surface area (Å²) in [7, 11) is 0. The van der Waals surface area contributed by atoms with E-state index >= 15 is 0 Å². The lowest BCUT2D eigenvalue weighted by Gasteiger charge is -2.11. The maximum Gasteiger partial charge on any atom is 0.510 e. The van der Waals surface area contributed by atoms with Crippen molar-refractivity contribution in [1.29, 1.82) is 0 Å². The third kappa shape index (κ3) is 5.73. The van der Waals surface area contributed by atoms with Crippen LogP contribution in [-0.2, 0) is 14.2 Å². The molecule has 0 aliphatic heterocycles. The molecule has 0 saturated carbocycles. The van der Waals surface area contributed by atoms with E-state index in [-0.39, 0.29) is 6.61 Å². The van der Waals surface area contributed by atoms with Crippen LogP contribution >= 0.6 is 0 Å². The Kier molecular flexibility index (Phi) is 6.09. The molecule has 0 fully saturated rings. The molecule has 0 rings (SSSR count). The molecule has 0 N–H and O–H groups in total. The van der Waals surface area contributed by atoms with Gasteiger partial charge in [-0.15, -0.1) is 0 Å². The standard InChI is InChI=1S/C8H14O4/c1-4-6-11-8(9)12-7(3)10-5-2/h4,7H,1,5-6H2,2-3H3. The van der Waals surface area contributed by atoms with E-state index in [1.54, 1.807) is 6.92 Å². The Morgan fingerprint density at radius 1 is 1.67 bits per heavy atom. The van der Waals surface area contributed by atoms with Crippen molar-refractivity contribution in [3.05, 3.63) is 12.7 Å². The van der Waals surface area contributed by atoms with Crippen molar-refractivity contribution >= 4 is 6.16 Å². The molecule has 12 heavy (non-hydrogen) atoms. The summed E-state index contributed by atoms with van der Waals surface area (Å²) in [5.74, 6) is 0. The number of ether oxygens (including phenoxy) is 3. The zero-order valence-corrected chi connectivity index (χ0v) is 7.41. The van der Waals surface area contributed by atoms with Crippen molar-refractivity contribution in [2.45, 2.75) is 20.1 Å². The average Bonchev–Trinajstić information content (AvgIpc) is 2.01. The van der Waals surface area contributed by atoms with Gasteiger partial charge < -0.3 is 14.2 Å². The van der Waals surface area contributed by atoms with Gasteiger partial charge in [-0.05, 0) is 13.8 Å². The first-order valence-corrected chi connectivity index (χ1v) is 3.76. The minimum atomic E-state index is -0.740. The van der Waals surface area contributed by atoms with Gasteiger partial charge in [0.15, 0.2) is 0 Å². The minimum Gasteiger partial charge on any atom is -0.430 e. The molecule has 0 heterocycles. The molecule has 0 bridgehead atoms. The molecule has 4 nitrogen and oxygen atoms in total. The van der Waals surface area contributed by atoms with Crippen LogP contribution in [0.4, 0.5) is 4.79 Å². The molecule has 0 aliphatic rings. The first-order chi connectivity index (χ1) is 5.70. The van der Waals surface area contributed by atoms with Gasteiger partial charge in [0.1, 0.15) is 6.61 Å². The summed E-state index contributed by atoms with van der Waals surface area (Å²) < 4.78 is 14.2. The molecule has 1 unspecified atom stereocenters. The second-order valence-electron chi connectivity index (χ2n) is 1.99. The van der Waals surface area contributed by atoms with Gasteiger partial charge in [0.25, 0.3) is 0 Å². The van der Waals surface area contributed by atoms with Crippen LogP contribution in [0.25, 0.3) is 0 Å². The van der Waals surface area contributed by atoms with Gasteiger partial charge in [0, 0.05) is 6.61 Å². The van der Waals surface area contributed by atoms with Crippen LogP contribution < -0.4 is 0 Å². The second kappa shape index (κ2) is 6.67. The molecule has 4 heteroatoms. The summed E-state index contributed by atoms with van der Waals surface area (Å²) in [6.45, 7) is 7.47. The van der Waals surface area contributed by atoms with Gasteiger partial charge in [0.2, 0.25) is 6.29 Å². The second-order valence-corrected chi connectivity index (χ2v) is 1.99. The summed E-state index contributed by atoms with van der Waals surface area (Å²) in [4.78, 5) is 10.7. The molecule has 1 atom stereocenters. The van der Waals surface area contributed by atoms with Crippen LogP contribution in [0, 0.1) is 0 Å². The normalized spacial score (nSPS) is 11.8. The van der Waals surface area contributed by atoms with E-state index in [1.165, 1.54) is 6.08 Å². The Labute approximate surface area is 72.1 Å². The monoisotopic (exact) mass is 174 g/mol. The van der Waals surface area contributed by atoms with Crippen molar-refractivity contribution in [2.24, 2.45) is 0 Å². The molecule has 0 amide bonds. The largest absolute Gasteiger partial charge is 0.510 e. The molecule has 0 radical (unpaired) electrons. The van der Waals surface area contributed by atoms with Crippen LogP contribution in [-0.4, -0.2) is 25.7 Å². The summed E-state index contributed by atoms with van der Waals surface area (Å²) in [6.07, 6.45) is 0.162. The summed E-state index contributed by atoms with van der Waals surface area (Å²) in [5, 5.41) is 0. The van der Waals surface area contributed by atoms with Crippen molar-refractivity contribution < 1.29 is 19.0 Å². The zero-order valence-electron chi connectivity index (χ0n) is 7.41. The van der Waals surface area contributed by atoms with Gasteiger partial charge in [-0.25, -0.2) is 4.79 Å². The third-order valence-electron chi connectivity index (χ3n) is 0.983. The number of hydrogen-bond acceptors (Lipinski definition) is 4. The maximum absolute atomic E-state index is 10.7. The molecule has 0 aromatic carbocycles. The van der Waals surface area contributed by atoms with Crippen LogP contribution in [0.1, 0.15) is 13.8 Å². The highest BCUT2D eigenvalue weighted by Crippen LogP contribution is 1.95. The lowest BCUT2D eigenvalue weighted by molar-refractivity contribution is -0.106. The van der Waals surface area contributed by atoms with E-state index in [2.05, 4.69) is 16.1 Å². The van der Waals surface area contributed by atoms with Crippen LogP contribution in [0.2, 0.25) is 0 Å². The minimum absolute atomic E-state index is 0.150. The lowest BCUT2D eigenvalue weighted by Crippen LogP contribution is -2.18. The number of rotatable bonds is 5. The van der Waals surface area contributed by atoms with Crippen molar-refractivity contribution in [3.63, 3.8) is 0 Å². The third-order valence-corrected chi connectivity index (χ3v) is 0.983. The summed E-state index contributed by atoms with van der Waals surface area (Å²) in [5.41, 5.74) is 0. The molecule has 0 aromatic heterocycles. The van der Waals surface area contributed by atoms with Gasteiger partial charge in [-0.3, -0.25) is 0 Å². The molecule has 0 aliphatic carbocycles. The van der Waals surface area contributed by atoms with Gasteiger partial charge in [0.05, 0.1) is 0 Å². The topological polar surface area (TPSA) is 44.8 Å². The predicted octanol–water partition coefficient (Wildman–Crippen LogP) is 1.71. The average molecular weight is 174 g/mol. The van der Waals surface area contributed by atoms with Gasteiger partial charge in [-0.1, -0.05) is 12.7 Å². The Morgan fingerprint density at radius 3 is 2.83 bits per heavy atom. The van der Waals surface area contributed by atoms with Crippen molar-refractivity contribution in [2.75, 3.05) is 13.2 Å². The molecule has 0 aromatic rings. The van der Waals surface area contributed by atoms with E-state index < -0.39 is 12.4 Å². The van der Waals surface area contributed by atoms with E-state index in [9.17, 15) is 4.79 Å². The predicted molar refractivity (Wildman–Crippen MR) is 43.7 cm³/mol. The van der Waals surface area contributed by atoms with Gasteiger partial charge in [-0.2, -0.15) is 0 Å². The number of hydrogen-bond donors (Lipinski definition) is 0. The maximum atomic E-state index is 10.7. The summed E-state index contributed by atoms with van der Waals surface area (Å²) in [6, 6.07) is 0. The Bertz CT molecular complexity index is 144. The Balaban J connectivity index is 3.46. The highest BCUT2D eigenvalue weighted by molar-refractivity contribution is 5.60. The van der Waals surface area contributed by atoms with Crippen molar-refractivity contribution in [3.8, 4) is 0 Å². The van der Waals surface area contributed by atoms with Gasteiger partial charge >= 0.3 is 6.16 Å². The number of carbonyl (C=O) groups is 1. The quantitative estimate of drug-likeness (QED) is 0.361. The SMILES string of the molecule is C=CCOC(=O)OC(C)OCC.